The molecule has 1 aliphatic rings. The summed E-state index contributed by atoms with van der Waals surface area (Å²) in [4.78, 5) is 39.6. The number of anilines is 1. The lowest BCUT2D eigenvalue weighted by molar-refractivity contribution is -0.117. The average molecular weight is 427 g/mol. The van der Waals surface area contributed by atoms with Crippen LogP contribution < -0.4 is 5.32 Å². The number of nitrogens with zero attached hydrogens (tertiary/aromatic N) is 1. The van der Waals surface area contributed by atoms with Gasteiger partial charge in [0.2, 0.25) is 5.91 Å². The van der Waals surface area contributed by atoms with Crippen LogP contribution in [-0.4, -0.2) is 67.8 Å². The summed E-state index contributed by atoms with van der Waals surface area (Å²) in [6, 6.07) is 0. The van der Waals surface area contributed by atoms with Crippen LogP contribution in [0.3, 0.4) is 0 Å². The first-order valence-corrected chi connectivity index (χ1v) is 10.7. The van der Waals surface area contributed by atoms with E-state index in [0.29, 0.717) is 22.0 Å². The normalized spacial score (nSPS) is 19.6. The Bertz CT molecular complexity index is 738. The molecule has 0 saturated carbocycles. The predicted molar refractivity (Wildman–Crippen MR) is 111 cm³/mol. The molecule has 1 aliphatic heterocycles. The summed E-state index contributed by atoms with van der Waals surface area (Å²) >= 11 is 1.04. The van der Waals surface area contributed by atoms with Crippen molar-refractivity contribution < 1.29 is 28.6 Å². The average Bonchev–Trinajstić information content (AvgIpc) is 2.95. The maximum atomic E-state index is 12.5. The second-order valence-electron chi connectivity index (χ2n) is 7.02. The molecule has 9 heteroatoms. The zero-order valence-electron chi connectivity index (χ0n) is 17.7. The van der Waals surface area contributed by atoms with Crippen LogP contribution in [0.1, 0.15) is 59.7 Å². The van der Waals surface area contributed by atoms with E-state index in [9.17, 15) is 14.4 Å². The molecule has 162 valence electrons. The molecule has 2 atom stereocenters. The molecule has 1 N–H and O–H groups in total. The molecular formula is C20H30N2O6S. The molecule has 1 amide bonds. The van der Waals surface area contributed by atoms with E-state index in [2.05, 4.69) is 10.2 Å². The van der Waals surface area contributed by atoms with Crippen molar-refractivity contribution in [2.75, 3.05) is 38.2 Å². The second kappa shape index (κ2) is 10.7. The predicted octanol–water partition coefficient (Wildman–Crippen LogP) is 2.85. The van der Waals surface area contributed by atoms with Gasteiger partial charge in [-0.2, -0.15) is 0 Å². The Morgan fingerprint density at radius 1 is 1.10 bits per heavy atom. The summed E-state index contributed by atoms with van der Waals surface area (Å²) < 4.78 is 15.9. The molecule has 0 unspecified atom stereocenters. The maximum Gasteiger partial charge on any atom is 0.348 e. The molecule has 2 heterocycles. The Labute approximate surface area is 175 Å². The van der Waals surface area contributed by atoms with E-state index in [1.807, 2.05) is 13.8 Å². The Balaban J connectivity index is 2.11. The SMILES string of the molecule is CCOC(=O)c1sc(NC(=O)CCN2C[C@@H](C)O[C@H](C)C2)c(C(=O)OCC)c1C. The third kappa shape index (κ3) is 6.25. The van der Waals surface area contributed by atoms with Crippen molar-refractivity contribution in [3.63, 3.8) is 0 Å². The summed E-state index contributed by atoms with van der Waals surface area (Å²) in [5, 5.41) is 3.10. The van der Waals surface area contributed by atoms with Gasteiger partial charge in [0.15, 0.2) is 0 Å². The lowest BCUT2D eigenvalue weighted by atomic mass is 10.1. The van der Waals surface area contributed by atoms with Crippen molar-refractivity contribution in [1.82, 2.24) is 4.90 Å². The lowest BCUT2D eigenvalue weighted by Crippen LogP contribution is -2.46. The molecule has 0 spiro atoms. The Hall–Kier alpha value is -1.97. The van der Waals surface area contributed by atoms with Crippen molar-refractivity contribution in [2.24, 2.45) is 0 Å². The highest BCUT2D eigenvalue weighted by Gasteiger charge is 2.28. The molecule has 8 nitrogen and oxygen atoms in total. The van der Waals surface area contributed by atoms with E-state index in [1.165, 1.54) is 0 Å². The summed E-state index contributed by atoms with van der Waals surface area (Å²) in [5.41, 5.74) is 0.667. The van der Waals surface area contributed by atoms with E-state index in [-0.39, 0.29) is 43.3 Å². The first-order chi connectivity index (χ1) is 13.8. The number of ether oxygens (including phenoxy) is 3. The number of thiophene rings is 1. The minimum Gasteiger partial charge on any atom is -0.462 e. The van der Waals surface area contributed by atoms with Crippen LogP contribution in [0.5, 0.6) is 0 Å². The van der Waals surface area contributed by atoms with Crippen molar-refractivity contribution >= 4 is 34.2 Å². The van der Waals surface area contributed by atoms with Gasteiger partial charge < -0.3 is 19.5 Å². The van der Waals surface area contributed by atoms with Crippen LogP contribution in [0, 0.1) is 6.92 Å². The molecule has 0 bridgehead atoms. The van der Waals surface area contributed by atoms with E-state index in [4.69, 9.17) is 14.2 Å². The fraction of sp³-hybridized carbons (Fsp3) is 0.650. The quantitative estimate of drug-likeness (QED) is 0.639. The highest BCUT2D eigenvalue weighted by molar-refractivity contribution is 7.18. The van der Waals surface area contributed by atoms with Gasteiger partial charge in [0.05, 0.1) is 31.0 Å². The van der Waals surface area contributed by atoms with Crippen molar-refractivity contribution in [3.8, 4) is 0 Å². The molecule has 2 rings (SSSR count). The first kappa shape index (κ1) is 23.3. The smallest absolute Gasteiger partial charge is 0.348 e. The molecule has 0 radical (unpaired) electrons. The van der Waals surface area contributed by atoms with Gasteiger partial charge in [-0.3, -0.25) is 9.69 Å². The summed E-state index contributed by atoms with van der Waals surface area (Å²) in [6.07, 6.45) is 0.529. The van der Waals surface area contributed by atoms with Gasteiger partial charge in [-0.15, -0.1) is 11.3 Å². The zero-order chi connectivity index (χ0) is 21.6. The number of nitrogens with one attached hydrogen (secondary N) is 1. The standard InChI is InChI=1S/C20H30N2O6S/c1-6-26-19(24)16-14(5)17(20(25)27-7-2)29-18(16)21-15(23)8-9-22-10-12(3)28-13(4)11-22/h12-13H,6-11H2,1-5H3,(H,21,23)/t12-,13-/m1/s1. The van der Waals surface area contributed by atoms with E-state index in [1.54, 1.807) is 20.8 Å². The van der Waals surface area contributed by atoms with Crippen LogP contribution in [0.4, 0.5) is 5.00 Å². The Kier molecular flexibility index (Phi) is 8.60. The number of rotatable bonds is 8. The zero-order valence-corrected chi connectivity index (χ0v) is 18.5. The minimum absolute atomic E-state index is 0.129. The summed E-state index contributed by atoms with van der Waals surface area (Å²) in [6.45, 7) is 11.7. The fourth-order valence-corrected chi connectivity index (χ4v) is 4.46. The largest absolute Gasteiger partial charge is 0.462 e. The van der Waals surface area contributed by atoms with Gasteiger partial charge in [-0.05, 0) is 40.2 Å². The minimum atomic E-state index is -0.567. The summed E-state index contributed by atoms with van der Waals surface area (Å²) in [5.74, 6) is -1.31. The number of carbonyl (C=O) groups excluding carboxylic acids is 3. The van der Waals surface area contributed by atoms with Crippen molar-refractivity contribution in [1.29, 1.82) is 0 Å². The molecule has 1 fully saturated rings. The monoisotopic (exact) mass is 426 g/mol. The van der Waals surface area contributed by atoms with Crippen molar-refractivity contribution in [2.45, 2.75) is 53.2 Å². The number of hydrogen-bond acceptors (Lipinski definition) is 8. The molecule has 1 saturated heterocycles. The number of amides is 1. The van der Waals surface area contributed by atoms with Gasteiger partial charge >= 0.3 is 11.9 Å². The van der Waals surface area contributed by atoms with Crippen LogP contribution in [0.15, 0.2) is 0 Å². The molecule has 0 aliphatic carbocycles. The van der Waals surface area contributed by atoms with E-state index >= 15 is 0 Å². The maximum absolute atomic E-state index is 12.5. The van der Waals surface area contributed by atoms with Crippen LogP contribution in [-0.2, 0) is 19.0 Å². The van der Waals surface area contributed by atoms with Gasteiger partial charge in [0.25, 0.3) is 0 Å². The van der Waals surface area contributed by atoms with Crippen LogP contribution in [0.25, 0.3) is 0 Å². The summed E-state index contributed by atoms with van der Waals surface area (Å²) in [7, 11) is 0. The number of morpholine rings is 1. The Morgan fingerprint density at radius 3 is 2.28 bits per heavy atom. The third-order valence-electron chi connectivity index (χ3n) is 4.49. The third-order valence-corrected chi connectivity index (χ3v) is 5.68. The lowest BCUT2D eigenvalue weighted by Gasteiger charge is -2.35. The van der Waals surface area contributed by atoms with Crippen molar-refractivity contribution in [3.05, 3.63) is 16.0 Å². The highest BCUT2D eigenvalue weighted by Crippen LogP contribution is 2.34. The molecule has 1 aromatic heterocycles. The fourth-order valence-electron chi connectivity index (χ4n) is 3.36. The van der Waals surface area contributed by atoms with E-state index < -0.39 is 11.9 Å². The topological polar surface area (TPSA) is 94.2 Å². The number of carbonyl (C=O) groups is 3. The molecule has 0 aromatic carbocycles. The van der Waals surface area contributed by atoms with Crippen LogP contribution >= 0.6 is 11.3 Å². The van der Waals surface area contributed by atoms with E-state index in [0.717, 1.165) is 24.4 Å². The first-order valence-electron chi connectivity index (χ1n) is 9.92. The molecule has 1 aromatic rings. The molecular weight excluding hydrogens is 396 g/mol. The molecule has 29 heavy (non-hydrogen) atoms. The number of hydrogen-bond donors (Lipinski definition) is 1. The van der Waals surface area contributed by atoms with Crippen LogP contribution in [0.2, 0.25) is 0 Å². The van der Waals surface area contributed by atoms with Gasteiger partial charge in [-0.25, -0.2) is 9.59 Å². The number of esters is 2. The van der Waals surface area contributed by atoms with Gasteiger partial charge in [0.1, 0.15) is 9.88 Å². The van der Waals surface area contributed by atoms with Gasteiger partial charge in [0, 0.05) is 26.1 Å². The second-order valence-corrected chi connectivity index (χ2v) is 8.04. The Morgan fingerprint density at radius 2 is 1.69 bits per heavy atom. The highest BCUT2D eigenvalue weighted by atomic mass is 32.1. The van der Waals surface area contributed by atoms with Gasteiger partial charge in [-0.1, -0.05) is 0 Å².